The van der Waals surface area contributed by atoms with E-state index in [2.05, 4.69) is 12.2 Å². The molecule has 1 saturated carbocycles. The van der Waals surface area contributed by atoms with Crippen LogP contribution in [0, 0.1) is 0 Å². The van der Waals surface area contributed by atoms with Crippen LogP contribution in [0.1, 0.15) is 49.4 Å². The largest absolute Gasteiger partial charge is 0.397 e. The minimum Gasteiger partial charge on any atom is -0.397 e. The third-order valence-electron chi connectivity index (χ3n) is 3.75. The standard InChI is InChI=1S/C14H21N3O/c1-14(8-3-2-4-9-14)17-12-10(13(16)18)6-5-7-11(12)15/h5-7,17H,2-4,8-9,15H2,1H3,(H2,16,18). The van der Waals surface area contributed by atoms with Crippen LogP contribution in [0.4, 0.5) is 11.4 Å². The summed E-state index contributed by atoms with van der Waals surface area (Å²) in [5.74, 6) is -0.441. The second-order valence-electron chi connectivity index (χ2n) is 5.38. The highest BCUT2D eigenvalue weighted by molar-refractivity contribution is 6.01. The van der Waals surface area contributed by atoms with Gasteiger partial charge in [0.25, 0.3) is 5.91 Å². The first-order valence-electron chi connectivity index (χ1n) is 6.48. The number of carbonyl (C=O) groups excluding carboxylic acids is 1. The van der Waals surface area contributed by atoms with Gasteiger partial charge < -0.3 is 16.8 Å². The maximum absolute atomic E-state index is 11.4. The summed E-state index contributed by atoms with van der Waals surface area (Å²) >= 11 is 0. The molecule has 98 valence electrons. The van der Waals surface area contributed by atoms with Gasteiger partial charge in [-0.05, 0) is 31.9 Å². The first-order valence-corrected chi connectivity index (χ1v) is 6.48. The fraction of sp³-hybridized carbons (Fsp3) is 0.500. The monoisotopic (exact) mass is 247 g/mol. The molecule has 1 fully saturated rings. The smallest absolute Gasteiger partial charge is 0.250 e. The number of nitrogens with two attached hydrogens (primary N) is 2. The molecule has 1 aromatic carbocycles. The number of nitrogens with one attached hydrogen (secondary N) is 1. The van der Waals surface area contributed by atoms with Gasteiger partial charge >= 0.3 is 0 Å². The van der Waals surface area contributed by atoms with Crippen molar-refractivity contribution in [3.63, 3.8) is 0 Å². The lowest BCUT2D eigenvalue weighted by Gasteiger charge is -2.36. The molecule has 0 unspecified atom stereocenters. The Balaban J connectivity index is 2.30. The summed E-state index contributed by atoms with van der Waals surface area (Å²) in [5, 5.41) is 3.45. The molecule has 1 amide bonds. The average molecular weight is 247 g/mol. The van der Waals surface area contributed by atoms with Gasteiger partial charge in [0.05, 0.1) is 16.9 Å². The summed E-state index contributed by atoms with van der Waals surface area (Å²) in [7, 11) is 0. The van der Waals surface area contributed by atoms with Crippen LogP contribution in [-0.4, -0.2) is 11.4 Å². The highest BCUT2D eigenvalue weighted by Gasteiger charge is 2.28. The molecule has 5 N–H and O–H groups in total. The zero-order chi connectivity index (χ0) is 13.2. The Morgan fingerprint density at radius 2 is 1.94 bits per heavy atom. The summed E-state index contributed by atoms with van der Waals surface area (Å²) in [4.78, 5) is 11.4. The van der Waals surface area contributed by atoms with Gasteiger partial charge in [-0.25, -0.2) is 0 Å². The number of primary amides is 1. The quantitative estimate of drug-likeness (QED) is 0.718. The van der Waals surface area contributed by atoms with Crippen LogP contribution in [0.15, 0.2) is 18.2 Å². The van der Waals surface area contributed by atoms with E-state index < -0.39 is 5.91 Å². The molecule has 1 aliphatic rings. The molecule has 0 atom stereocenters. The molecule has 18 heavy (non-hydrogen) atoms. The number of hydrogen-bond donors (Lipinski definition) is 3. The van der Waals surface area contributed by atoms with E-state index in [1.54, 1.807) is 18.2 Å². The molecule has 0 heterocycles. The summed E-state index contributed by atoms with van der Waals surface area (Å²) < 4.78 is 0. The van der Waals surface area contributed by atoms with Crippen LogP contribution in [-0.2, 0) is 0 Å². The van der Waals surface area contributed by atoms with Crippen molar-refractivity contribution < 1.29 is 4.79 Å². The second kappa shape index (κ2) is 4.88. The second-order valence-corrected chi connectivity index (χ2v) is 5.38. The molecule has 4 heteroatoms. The van der Waals surface area contributed by atoms with Crippen LogP contribution in [0.5, 0.6) is 0 Å². The Labute approximate surface area is 108 Å². The number of carbonyl (C=O) groups is 1. The van der Waals surface area contributed by atoms with Crippen molar-refractivity contribution in [1.29, 1.82) is 0 Å². The minimum atomic E-state index is -0.441. The van der Waals surface area contributed by atoms with Gasteiger partial charge in [0.1, 0.15) is 0 Å². The van der Waals surface area contributed by atoms with Gasteiger partial charge in [-0.3, -0.25) is 4.79 Å². The van der Waals surface area contributed by atoms with Gasteiger partial charge in [-0.15, -0.1) is 0 Å². The Kier molecular flexibility index (Phi) is 3.45. The van der Waals surface area contributed by atoms with E-state index in [1.807, 2.05) is 0 Å². The third kappa shape index (κ3) is 2.58. The summed E-state index contributed by atoms with van der Waals surface area (Å²) in [6.45, 7) is 2.18. The highest BCUT2D eigenvalue weighted by atomic mass is 16.1. The summed E-state index contributed by atoms with van der Waals surface area (Å²) in [6, 6.07) is 5.26. The van der Waals surface area contributed by atoms with Crippen molar-refractivity contribution in [3.8, 4) is 0 Å². The fourth-order valence-electron chi connectivity index (χ4n) is 2.67. The maximum Gasteiger partial charge on any atom is 0.250 e. The fourth-order valence-corrected chi connectivity index (χ4v) is 2.67. The van der Waals surface area contributed by atoms with E-state index in [-0.39, 0.29) is 5.54 Å². The zero-order valence-corrected chi connectivity index (χ0v) is 10.8. The highest BCUT2D eigenvalue weighted by Crippen LogP contribution is 2.34. The van der Waals surface area contributed by atoms with Gasteiger partial charge in [-0.1, -0.05) is 25.3 Å². The first kappa shape index (κ1) is 12.7. The Bertz CT molecular complexity index is 450. The molecule has 0 bridgehead atoms. The molecule has 0 radical (unpaired) electrons. The predicted octanol–water partition coefficient (Wildman–Crippen LogP) is 2.50. The molecule has 0 saturated heterocycles. The normalized spacial score (nSPS) is 18.3. The van der Waals surface area contributed by atoms with Crippen molar-refractivity contribution in [2.75, 3.05) is 11.1 Å². The van der Waals surface area contributed by atoms with Crippen molar-refractivity contribution in [2.45, 2.75) is 44.6 Å². The van der Waals surface area contributed by atoms with Gasteiger partial charge in [-0.2, -0.15) is 0 Å². The van der Waals surface area contributed by atoms with Crippen LogP contribution >= 0.6 is 0 Å². The van der Waals surface area contributed by atoms with Crippen molar-refractivity contribution in [2.24, 2.45) is 5.73 Å². The zero-order valence-electron chi connectivity index (χ0n) is 10.8. The lowest BCUT2D eigenvalue weighted by molar-refractivity contribution is 0.100. The molecule has 0 aromatic heterocycles. The number of nitrogen functional groups attached to an aromatic ring is 1. The first-order chi connectivity index (χ1) is 8.52. The van der Waals surface area contributed by atoms with Crippen molar-refractivity contribution in [3.05, 3.63) is 23.8 Å². The van der Waals surface area contributed by atoms with E-state index in [0.717, 1.165) is 12.8 Å². The molecule has 0 spiro atoms. The number of anilines is 2. The van der Waals surface area contributed by atoms with Crippen LogP contribution in [0.25, 0.3) is 0 Å². The van der Waals surface area contributed by atoms with Crippen LogP contribution in [0.2, 0.25) is 0 Å². The lowest BCUT2D eigenvalue weighted by atomic mass is 9.83. The lowest BCUT2D eigenvalue weighted by Crippen LogP contribution is -2.37. The molecule has 2 rings (SSSR count). The van der Waals surface area contributed by atoms with Crippen molar-refractivity contribution in [1.82, 2.24) is 0 Å². The summed E-state index contributed by atoms with van der Waals surface area (Å²) in [5.41, 5.74) is 13.1. The van der Waals surface area contributed by atoms with E-state index in [9.17, 15) is 4.79 Å². The third-order valence-corrected chi connectivity index (χ3v) is 3.75. The number of rotatable bonds is 3. The van der Waals surface area contributed by atoms with Crippen LogP contribution in [0.3, 0.4) is 0 Å². The summed E-state index contributed by atoms with van der Waals surface area (Å²) in [6.07, 6.45) is 5.90. The number of benzene rings is 1. The molecule has 0 aliphatic heterocycles. The number of amides is 1. The Hall–Kier alpha value is -1.71. The minimum absolute atomic E-state index is 0.0118. The number of hydrogen-bond acceptors (Lipinski definition) is 3. The predicted molar refractivity (Wildman–Crippen MR) is 74.5 cm³/mol. The van der Waals surface area contributed by atoms with Gasteiger partial charge in [0.2, 0.25) is 0 Å². The Morgan fingerprint density at radius 1 is 1.28 bits per heavy atom. The topological polar surface area (TPSA) is 81.1 Å². The Morgan fingerprint density at radius 3 is 2.56 bits per heavy atom. The SMILES string of the molecule is CC1(Nc2c(N)cccc2C(N)=O)CCCCC1. The molecule has 1 aliphatic carbocycles. The van der Waals surface area contributed by atoms with E-state index in [1.165, 1.54) is 19.3 Å². The average Bonchev–Trinajstić information content (AvgIpc) is 2.32. The maximum atomic E-state index is 11.4. The molecular formula is C14H21N3O. The number of para-hydroxylation sites is 1. The van der Waals surface area contributed by atoms with E-state index in [4.69, 9.17) is 11.5 Å². The van der Waals surface area contributed by atoms with Gasteiger partial charge in [0, 0.05) is 5.54 Å². The van der Waals surface area contributed by atoms with Crippen LogP contribution < -0.4 is 16.8 Å². The van der Waals surface area contributed by atoms with E-state index >= 15 is 0 Å². The molecule has 1 aromatic rings. The molecular weight excluding hydrogens is 226 g/mol. The van der Waals surface area contributed by atoms with Gasteiger partial charge in [0.15, 0.2) is 0 Å². The molecule has 4 nitrogen and oxygen atoms in total. The van der Waals surface area contributed by atoms with Crippen molar-refractivity contribution >= 4 is 17.3 Å². The van der Waals surface area contributed by atoms with E-state index in [0.29, 0.717) is 16.9 Å².